The monoisotopic (exact) mass is 398 g/mol. The van der Waals surface area contributed by atoms with Crippen molar-refractivity contribution in [1.82, 2.24) is 0 Å². The minimum atomic E-state index is -1.18. The molecule has 0 saturated carbocycles. The van der Waals surface area contributed by atoms with Gasteiger partial charge >= 0.3 is 0 Å². The van der Waals surface area contributed by atoms with Gasteiger partial charge in [0.25, 0.3) is 0 Å². The number of fused-ring (bicyclic) bond motifs is 1. The van der Waals surface area contributed by atoms with E-state index in [1.807, 2.05) is 78.9 Å². The lowest BCUT2D eigenvalue weighted by Gasteiger charge is -2.12. The third-order valence-electron chi connectivity index (χ3n) is 5.49. The molecule has 0 amide bonds. The molecule has 0 fully saturated rings. The second-order valence-electron chi connectivity index (χ2n) is 7.62. The van der Waals surface area contributed by atoms with Crippen molar-refractivity contribution in [2.75, 3.05) is 0 Å². The van der Waals surface area contributed by atoms with Crippen LogP contribution in [-0.4, -0.2) is 0 Å². The molecule has 4 rings (SSSR count). The fourth-order valence-electron chi connectivity index (χ4n) is 3.77. The summed E-state index contributed by atoms with van der Waals surface area (Å²) in [5.41, 5.74) is 3.84. The molecule has 0 N–H and O–H groups in total. The average Bonchev–Trinajstić information content (AvgIpc) is 2.78. The van der Waals surface area contributed by atoms with Gasteiger partial charge in [0.15, 0.2) is 0 Å². The first kappa shape index (κ1) is 20.0. The maximum absolute atomic E-state index is 14.9. The van der Waals surface area contributed by atoms with Gasteiger partial charge < -0.3 is 0 Å². The highest BCUT2D eigenvalue weighted by molar-refractivity contribution is 5.83. The summed E-state index contributed by atoms with van der Waals surface area (Å²) >= 11 is 0. The van der Waals surface area contributed by atoms with Crippen LogP contribution in [0.15, 0.2) is 97.6 Å². The predicted octanol–water partition coefficient (Wildman–Crippen LogP) is 8.02. The molecule has 4 aromatic carbocycles. The topological polar surface area (TPSA) is 0 Å². The van der Waals surface area contributed by atoms with E-state index in [-0.39, 0.29) is 12.2 Å². The van der Waals surface area contributed by atoms with E-state index in [0.717, 1.165) is 29.2 Å². The number of hydrogen-bond acceptors (Lipinski definition) is 0. The molecule has 0 radical (unpaired) electrons. The van der Waals surface area contributed by atoms with Crippen molar-refractivity contribution in [1.29, 1.82) is 0 Å². The molecule has 0 aliphatic rings. The first-order valence-corrected chi connectivity index (χ1v) is 10.3. The fourth-order valence-corrected chi connectivity index (χ4v) is 3.77. The highest BCUT2D eigenvalue weighted by Gasteiger charge is 2.14. The number of halogens is 2. The Balaban J connectivity index is 1.50. The summed E-state index contributed by atoms with van der Waals surface area (Å²) in [6.45, 7) is 3.74. The van der Waals surface area contributed by atoms with Crippen molar-refractivity contribution in [3.8, 4) is 11.1 Å². The molecule has 2 heteroatoms. The Hall–Kier alpha value is -3.26. The number of aryl methyl sites for hydroxylation is 1. The third kappa shape index (κ3) is 4.49. The molecule has 0 heterocycles. The molecule has 30 heavy (non-hydrogen) atoms. The molecule has 0 aliphatic heterocycles. The second-order valence-corrected chi connectivity index (χ2v) is 7.62. The number of alkyl halides is 1. The van der Waals surface area contributed by atoms with E-state index in [0.29, 0.717) is 16.7 Å². The first-order valence-electron chi connectivity index (χ1n) is 10.3. The largest absolute Gasteiger partial charge is 0.242 e. The molecule has 150 valence electrons. The van der Waals surface area contributed by atoms with Crippen LogP contribution in [0.1, 0.15) is 29.3 Å². The summed E-state index contributed by atoms with van der Waals surface area (Å²) in [5.74, 6) is -0.322. The molecular formula is C28H24F2. The van der Waals surface area contributed by atoms with E-state index < -0.39 is 6.17 Å². The highest BCUT2D eigenvalue weighted by atomic mass is 19.1. The van der Waals surface area contributed by atoms with Crippen molar-refractivity contribution in [3.05, 3.63) is 120 Å². The standard InChI is InChI=1S/C28H24F2/c1-2-3-6-20-9-12-23(13-10-20)26-16-11-21(18-28(26)30)17-27(29)25-15-14-22-7-4-5-8-24(22)19-25/h2,4-5,7-16,18-19,27H,1,3,6,17H2. The third-order valence-corrected chi connectivity index (χ3v) is 5.49. The van der Waals surface area contributed by atoms with Crippen LogP contribution in [0.5, 0.6) is 0 Å². The highest BCUT2D eigenvalue weighted by Crippen LogP contribution is 2.29. The minimum Gasteiger partial charge on any atom is -0.242 e. The van der Waals surface area contributed by atoms with Crippen LogP contribution in [0.25, 0.3) is 21.9 Å². The maximum atomic E-state index is 14.9. The van der Waals surface area contributed by atoms with Gasteiger partial charge in [-0.1, -0.05) is 78.9 Å². The first-order chi connectivity index (χ1) is 14.6. The second kappa shape index (κ2) is 9.04. The van der Waals surface area contributed by atoms with Gasteiger partial charge in [0.2, 0.25) is 0 Å². The van der Waals surface area contributed by atoms with Crippen LogP contribution in [-0.2, 0) is 12.8 Å². The fraction of sp³-hybridized carbons (Fsp3) is 0.143. The summed E-state index contributed by atoms with van der Waals surface area (Å²) < 4.78 is 29.7. The van der Waals surface area contributed by atoms with Crippen LogP contribution in [0.2, 0.25) is 0 Å². The Kier molecular flexibility index (Phi) is 6.04. The molecule has 1 unspecified atom stereocenters. The minimum absolute atomic E-state index is 0.149. The van der Waals surface area contributed by atoms with Crippen LogP contribution in [0, 0.1) is 5.82 Å². The SMILES string of the molecule is C=CCCc1ccc(-c2ccc(CC(F)c3ccc4ccccc4c3)cc2F)cc1. The van der Waals surface area contributed by atoms with Gasteiger partial charge in [-0.15, -0.1) is 6.58 Å². The Bertz CT molecular complexity index is 1160. The smallest absolute Gasteiger partial charge is 0.131 e. The quantitative estimate of drug-likeness (QED) is 0.277. The molecule has 0 saturated heterocycles. The van der Waals surface area contributed by atoms with Crippen molar-refractivity contribution in [3.63, 3.8) is 0 Å². The molecule has 0 aromatic heterocycles. The van der Waals surface area contributed by atoms with Crippen LogP contribution in [0.4, 0.5) is 8.78 Å². The van der Waals surface area contributed by atoms with Crippen molar-refractivity contribution in [2.24, 2.45) is 0 Å². The zero-order chi connectivity index (χ0) is 20.9. The Morgan fingerprint density at radius 1 is 0.800 bits per heavy atom. The van der Waals surface area contributed by atoms with Crippen LogP contribution < -0.4 is 0 Å². The van der Waals surface area contributed by atoms with E-state index in [9.17, 15) is 8.78 Å². The zero-order valence-electron chi connectivity index (χ0n) is 16.8. The van der Waals surface area contributed by atoms with Gasteiger partial charge in [-0.2, -0.15) is 0 Å². The molecule has 0 spiro atoms. The predicted molar refractivity (Wildman–Crippen MR) is 122 cm³/mol. The summed E-state index contributed by atoms with van der Waals surface area (Å²) in [7, 11) is 0. The van der Waals surface area contributed by atoms with Crippen molar-refractivity contribution < 1.29 is 8.78 Å². The van der Waals surface area contributed by atoms with Gasteiger partial charge in [0.05, 0.1) is 0 Å². The summed E-state index contributed by atoms with van der Waals surface area (Å²) in [6.07, 6.45) is 2.71. The van der Waals surface area contributed by atoms with Crippen LogP contribution in [0.3, 0.4) is 0 Å². The van der Waals surface area contributed by atoms with E-state index in [4.69, 9.17) is 0 Å². The Labute approximate surface area is 176 Å². The summed E-state index contributed by atoms with van der Waals surface area (Å²) in [4.78, 5) is 0. The van der Waals surface area contributed by atoms with Gasteiger partial charge in [0.1, 0.15) is 12.0 Å². The molecule has 0 aliphatic carbocycles. The summed E-state index contributed by atoms with van der Waals surface area (Å²) in [5, 5.41) is 2.09. The van der Waals surface area contributed by atoms with Gasteiger partial charge in [-0.05, 0) is 58.0 Å². The van der Waals surface area contributed by atoms with Gasteiger partial charge in [0, 0.05) is 12.0 Å². The normalized spacial score (nSPS) is 12.1. The summed E-state index contributed by atoms with van der Waals surface area (Å²) in [6, 6.07) is 26.4. The van der Waals surface area contributed by atoms with E-state index in [1.165, 1.54) is 11.6 Å². The Morgan fingerprint density at radius 3 is 2.27 bits per heavy atom. The molecule has 1 atom stereocenters. The molecule has 0 bridgehead atoms. The lowest BCUT2D eigenvalue weighted by molar-refractivity contribution is 0.342. The van der Waals surface area contributed by atoms with Crippen molar-refractivity contribution >= 4 is 10.8 Å². The maximum Gasteiger partial charge on any atom is 0.131 e. The molecular weight excluding hydrogens is 374 g/mol. The zero-order valence-corrected chi connectivity index (χ0v) is 16.8. The number of benzene rings is 4. The number of allylic oxidation sites excluding steroid dienone is 1. The lowest BCUT2D eigenvalue weighted by atomic mass is 9.97. The van der Waals surface area contributed by atoms with E-state index in [1.54, 1.807) is 6.07 Å². The van der Waals surface area contributed by atoms with Crippen molar-refractivity contribution in [2.45, 2.75) is 25.4 Å². The number of hydrogen-bond donors (Lipinski definition) is 0. The van der Waals surface area contributed by atoms with E-state index in [2.05, 4.69) is 6.58 Å². The number of rotatable bonds is 7. The van der Waals surface area contributed by atoms with Crippen LogP contribution >= 0.6 is 0 Å². The van der Waals surface area contributed by atoms with Gasteiger partial charge in [-0.3, -0.25) is 0 Å². The van der Waals surface area contributed by atoms with E-state index >= 15 is 0 Å². The Morgan fingerprint density at radius 2 is 1.53 bits per heavy atom. The molecule has 0 nitrogen and oxygen atoms in total. The lowest BCUT2D eigenvalue weighted by Crippen LogP contribution is -1.98. The van der Waals surface area contributed by atoms with Gasteiger partial charge in [-0.25, -0.2) is 8.78 Å². The molecule has 4 aromatic rings. The average molecular weight is 398 g/mol.